The van der Waals surface area contributed by atoms with Crippen LogP contribution in [-0.2, 0) is 4.79 Å². The van der Waals surface area contributed by atoms with Crippen LogP contribution in [0.5, 0.6) is 5.75 Å². The number of hydrogen-bond donors (Lipinski definition) is 1. The quantitative estimate of drug-likeness (QED) is 0.781. The minimum absolute atomic E-state index is 0.351. The smallest absolute Gasteiger partial charge is 0.341 e. The van der Waals surface area contributed by atoms with Crippen molar-refractivity contribution in [2.45, 2.75) is 0 Å². The Morgan fingerprint density at radius 3 is 3.21 bits per heavy atom. The Balaban J connectivity index is 2.29. The van der Waals surface area contributed by atoms with Crippen molar-refractivity contribution in [3.8, 4) is 5.75 Å². The third kappa shape index (κ3) is 1.52. The van der Waals surface area contributed by atoms with Gasteiger partial charge in [-0.15, -0.1) is 0 Å². The van der Waals surface area contributed by atoms with Crippen molar-refractivity contribution in [2.75, 3.05) is 6.61 Å². The van der Waals surface area contributed by atoms with Crippen LogP contribution in [0.4, 0.5) is 0 Å². The average molecular weight is 192 g/mol. The minimum atomic E-state index is -1.000. The molecule has 0 fully saturated rings. The van der Waals surface area contributed by atoms with Crippen molar-refractivity contribution in [3.05, 3.63) is 30.6 Å². The predicted molar refractivity (Wildman–Crippen MR) is 48.3 cm³/mol. The van der Waals surface area contributed by atoms with Crippen molar-refractivity contribution in [3.63, 3.8) is 0 Å². The standard InChI is InChI=1S/C9H8N2O3/c12-9(13)6-14-8-5-10-11-4-2-1-3-7(8)11/h1-5H,6H2,(H,12,13). The van der Waals surface area contributed by atoms with Crippen LogP contribution < -0.4 is 4.74 Å². The first-order valence-electron chi connectivity index (χ1n) is 4.04. The summed E-state index contributed by atoms with van der Waals surface area (Å²) in [5, 5.41) is 12.4. The molecule has 0 atom stereocenters. The molecule has 0 saturated carbocycles. The molecule has 0 spiro atoms. The molecule has 0 saturated heterocycles. The highest BCUT2D eigenvalue weighted by atomic mass is 16.5. The second kappa shape index (κ2) is 3.37. The Hall–Kier alpha value is -2.04. The largest absolute Gasteiger partial charge is 0.479 e. The van der Waals surface area contributed by atoms with E-state index in [1.165, 1.54) is 6.20 Å². The van der Waals surface area contributed by atoms with E-state index in [2.05, 4.69) is 5.10 Å². The zero-order valence-corrected chi connectivity index (χ0v) is 7.25. The van der Waals surface area contributed by atoms with E-state index in [1.54, 1.807) is 10.7 Å². The predicted octanol–water partition coefficient (Wildman–Crippen LogP) is 0.798. The zero-order chi connectivity index (χ0) is 9.97. The summed E-state index contributed by atoms with van der Waals surface area (Å²) >= 11 is 0. The first kappa shape index (κ1) is 8.55. The van der Waals surface area contributed by atoms with Crippen LogP contribution in [0.3, 0.4) is 0 Å². The van der Waals surface area contributed by atoms with Crippen LogP contribution in [0, 0.1) is 0 Å². The van der Waals surface area contributed by atoms with Gasteiger partial charge in [0, 0.05) is 6.20 Å². The van der Waals surface area contributed by atoms with Gasteiger partial charge in [0.15, 0.2) is 12.4 Å². The van der Waals surface area contributed by atoms with Gasteiger partial charge in [0.05, 0.1) is 6.20 Å². The number of hydrogen-bond acceptors (Lipinski definition) is 3. The number of aliphatic carboxylic acids is 1. The lowest BCUT2D eigenvalue weighted by Gasteiger charge is -1.99. The Bertz CT molecular complexity index is 464. The Morgan fingerprint density at radius 2 is 2.43 bits per heavy atom. The fraction of sp³-hybridized carbons (Fsp3) is 0.111. The van der Waals surface area contributed by atoms with E-state index in [1.807, 2.05) is 18.2 Å². The van der Waals surface area contributed by atoms with Crippen LogP contribution in [-0.4, -0.2) is 27.3 Å². The summed E-state index contributed by atoms with van der Waals surface area (Å²) in [7, 11) is 0. The molecule has 72 valence electrons. The Morgan fingerprint density at radius 1 is 1.57 bits per heavy atom. The number of pyridine rings is 1. The molecule has 0 aliphatic carbocycles. The van der Waals surface area contributed by atoms with Crippen molar-refractivity contribution >= 4 is 11.5 Å². The molecule has 0 aliphatic heterocycles. The summed E-state index contributed by atoms with van der Waals surface area (Å²) in [6.45, 7) is -0.351. The number of ether oxygens (including phenoxy) is 1. The molecule has 5 heteroatoms. The number of rotatable bonds is 3. The third-order valence-electron chi connectivity index (χ3n) is 1.74. The fourth-order valence-electron chi connectivity index (χ4n) is 1.16. The van der Waals surface area contributed by atoms with E-state index < -0.39 is 5.97 Å². The number of carboxylic acids is 1. The van der Waals surface area contributed by atoms with E-state index >= 15 is 0 Å². The van der Waals surface area contributed by atoms with Crippen LogP contribution in [0.25, 0.3) is 5.52 Å². The van der Waals surface area contributed by atoms with Gasteiger partial charge < -0.3 is 9.84 Å². The number of nitrogens with zero attached hydrogens (tertiary/aromatic N) is 2. The molecule has 1 N–H and O–H groups in total. The van der Waals surface area contributed by atoms with E-state index in [4.69, 9.17) is 9.84 Å². The van der Waals surface area contributed by atoms with Crippen molar-refractivity contribution in [1.82, 2.24) is 9.61 Å². The second-order valence-electron chi connectivity index (χ2n) is 2.72. The van der Waals surface area contributed by atoms with Gasteiger partial charge in [-0.25, -0.2) is 9.31 Å². The molecular formula is C9H8N2O3. The highest BCUT2D eigenvalue weighted by molar-refractivity contribution is 5.69. The van der Waals surface area contributed by atoms with Gasteiger partial charge in [0.1, 0.15) is 5.52 Å². The highest BCUT2D eigenvalue weighted by Gasteiger charge is 2.05. The molecule has 2 aromatic rings. The summed E-state index contributed by atoms with van der Waals surface area (Å²) in [4.78, 5) is 10.3. The molecule has 0 aliphatic rings. The SMILES string of the molecule is O=C(O)COc1cnn2ccccc12. The van der Waals surface area contributed by atoms with Gasteiger partial charge in [-0.2, -0.15) is 5.10 Å². The number of fused-ring (bicyclic) bond motifs is 1. The van der Waals surface area contributed by atoms with Crippen LogP contribution in [0.1, 0.15) is 0 Å². The van der Waals surface area contributed by atoms with Gasteiger partial charge in [-0.3, -0.25) is 0 Å². The van der Waals surface area contributed by atoms with Gasteiger partial charge in [0.25, 0.3) is 0 Å². The van der Waals surface area contributed by atoms with E-state index in [9.17, 15) is 4.79 Å². The van der Waals surface area contributed by atoms with Crippen LogP contribution in [0.15, 0.2) is 30.6 Å². The van der Waals surface area contributed by atoms with Crippen LogP contribution >= 0.6 is 0 Å². The molecule has 2 heterocycles. The lowest BCUT2D eigenvalue weighted by atomic mass is 10.4. The molecule has 0 bridgehead atoms. The van der Waals surface area contributed by atoms with Crippen molar-refractivity contribution in [2.24, 2.45) is 0 Å². The molecule has 0 radical (unpaired) electrons. The maximum absolute atomic E-state index is 10.3. The average Bonchev–Trinajstić information content (AvgIpc) is 2.58. The molecule has 0 unspecified atom stereocenters. The Labute approximate surface area is 79.5 Å². The maximum atomic E-state index is 10.3. The molecule has 0 aromatic carbocycles. The van der Waals surface area contributed by atoms with Crippen molar-refractivity contribution < 1.29 is 14.6 Å². The third-order valence-corrected chi connectivity index (χ3v) is 1.74. The minimum Gasteiger partial charge on any atom is -0.479 e. The van der Waals surface area contributed by atoms with Crippen molar-refractivity contribution in [1.29, 1.82) is 0 Å². The maximum Gasteiger partial charge on any atom is 0.341 e. The van der Waals surface area contributed by atoms with Gasteiger partial charge in [-0.1, -0.05) is 6.07 Å². The summed E-state index contributed by atoms with van der Waals surface area (Å²) in [6.07, 6.45) is 3.27. The number of carbonyl (C=O) groups is 1. The lowest BCUT2D eigenvalue weighted by molar-refractivity contribution is -0.139. The fourth-order valence-corrected chi connectivity index (χ4v) is 1.16. The first-order valence-corrected chi connectivity index (χ1v) is 4.04. The van der Waals surface area contributed by atoms with Gasteiger partial charge in [0.2, 0.25) is 0 Å². The molecule has 2 rings (SSSR count). The van der Waals surface area contributed by atoms with E-state index in [0.29, 0.717) is 5.75 Å². The molecular weight excluding hydrogens is 184 g/mol. The topological polar surface area (TPSA) is 63.8 Å². The lowest BCUT2D eigenvalue weighted by Crippen LogP contribution is -2.09. The second-order valence-corrected chi connectivity index (χ2v) is 2.72. The summed E-state index contributed by atoms with van der Waals surface area (Å²) < 4.78 is 6.66. The molecule has 2 aromatic heterocycles. The number of carboxylic acid groups (broad SMARTS) is 1. The molecule has 14 heavy (non-hydrogen) atoms. The van der Waals surface area contributed by atoms with Gasteiger partial charge >= 0.3 is 5.97 Å². The molecule has 0 amide bonds. The first-order chi connectivity index (χ1) is 6.77. The van der Waals surface area contributed by atoms with E-state index in [-0.39, 0.29) is 6.61 Å². The number of aromatic nitrogens is 2. The molecule has 5 nitrogen and oxygen atoms in total. The zero-order valence-electron chi connectivity index (χ0n) is 7.25. The Kier molecular flexibility index (Phi) is 2.06. The van der Waals surface area contributed by atoms with Gasteiger partial charge in [-0.05, 0) is 12.1 Å². The van der Waals surface area contributed by atoms with Crippen LogP contribution in [0.2, 0.25) is 0 Å². The highest BCUT2D eigenvalue weighted by Crippen LogP contribution is 2.17. The summed E-state index contributed by atoms with van der Waals surface area (Å²) in [5.41, 5.74) is 0.758. The summed E-state index contributed by atoms with van der Waals surface area (Å²) in [5.74, 6) is -0.520. The summed E-state index contributed by atoms with van der Waals surface area (Å²) in [6, 6.07) is 5.48. The van der Waals surface area contributed by atoms with E-state index in [0.717, 1.165) is 5.52 Å². The monoisotopic (exact) mass is 192 g/mol. The normalized spacial score (nSPS) is 10.3.